The van der Waals surface area contributed by atoms with Crippen LogP contribution >= 0.6 is 0 Å². The van der Waals surface area contributed by atoms with Crippen LogP contribution in [0.1, 0.15) is 291 Å². The third-order valence-corrected chi connectivity index (χ3v) is 15.3. The molecule has 0 heterocycles. The van der Waals surface area contributed by atoms with E-state index in [0.717, 1.165) is 128 Å². The second-order valence-corrected chi connectivity index (χ2v) is 23.3. The topological polar surface area (TPSA) is 340 Å². The summed E-state index contributed by atoms with van der Waals surface area (Å²) in [5.74, 6) is -8.99. The van der Waals surface area contributed by atoms with Gasteiger partial charge in [0.1, 0.15) is 0 Å². The third kappa shape index (κ3) is 41.0. The van der Waals surface area contributed by atoms with Crippen molar-refractivity contribution in [1.29, 1.82) is 0 Å². The van der Waals surface area contributed by atoms with Crippen LogP contribution in [0.2, 0.25) is 0 Å². The number of aliphatic carboxylic acids is 4. The summed E-state index contributed by atoms with van der Waals surface area (Å²) in [6.07, 6.45) is 14.4. The summed E-state index contributed by atoms with van der Waals surface area (Å²) < 4.78 is 66.0. The molecule has 0 aromatic heterocycles. The largest absolute Gasteiger partial charge is 4.00 e. The molecule has 0 amide bonds. The number of unbranched alkanes of at least 4 members (excludes halogenated alkanes) is 12. The van der Waals surface area contributed by atoms with Crippen molar-refractivity contribution in [3.63, 3.8) is 0 Å². The summed E-state index contributed by atoms with van der Waals surface area (Å²) in [6, 6.07) is 0. The van der Waals surface area contributed by atoms with Crippen LogP contribution in [0.25, 0.3) is 0 Å². The van der Waals surface area contributed by atoms with Crippen molar-refractivity contribution < 1.29 is 142 Å². The van der Waals surface area contributed by atoms with Gasteiger partial charge in [0, 0.05) is 26.4 Å². The number of carboxylic acid groups (broad SMARTS) is 4. The van der Waals surface area contributed by atoms with E-state index in [9.17, 15) is 58.8 Å². The molecule has 24 nitrogen and oxygen atoms in total. The molecule has 0 spiro atoms. The summed E-state index contributed by atoms with van der Waals surface area (Å²) in [5.41, 5.74) is -8.06. The Morgan fingerprint density at radius 3 is 0.433 bits per heavy atom. The standard InChI is InChI=1S/4C18H34O6.Zr/c4*1-5-9-12-22-16(23-13-10-6-2)15(19)18(8-4,17(20)21)24-14-11-7-3;/h4*16H,5-14H2,1-4H3,(H,20,21);/q;;;;+4/p-4. The molecule has 0 fully saturated rings. The van der Waals surface area contributed by atoms with Crippen molar-refractivity contribution in [1.82, 2.24) is 0 Å². The van der Waals surface area contributed by atoms with Crippen LogP contribution < -0.4 is 20.4 Å². The minimum absolute atomic E-state index is 0. The molecule has 97 heavy (non-hydrogen) atoms. The molecule has 25 heteroatoms. The van der Waals surface area contributed by atoms with Crippen LogP contribution in [0, 0.1) is 0 Å². The number of carbonyl (C=O) groups excluding carboxylic acids is 8. The Kier molecular flexibility index (Phi) is 70.0. The van der Waals surface area contributed by atoms with Gasteiger partial charge in [-0.05, 0) is 103 Å². The van der Waals surface area contributed by atoms with Gasteiger partial charge in [-0.25, -0.2) is 0 Å². The number of ketones is 4. The Hall–Kier alpha value is -3.04. The maximum Gasteiger partial charge on any atom is 4.00 e. The van der Waals surface area contributed by atoms with Gasteiger partial charge in [-0.15, -0.1) is 0 Å². The van der Waals surface area contributed by atoms with Gasteiger partial charge in [-0.2, -0.15) is 0 Å². The minimum atomic E-state index is -2.02. The number of carbonyl (C=O) groups is 8. The van der Waals surface area contributed by atoms with E-state index in [1.807, 2.05) is 83.1 Å². The van der Waals surface area contributed by atoms with Crippen molar-refractivity contribution in [2.75, 3.05) is 79.3 Å². The van der Waals surface area contributed by atoms with E-state index in [1.54, 1.807) is 27.7 Å². The van der Waals surface area contributed by atoms with E-state index in [2.05, 4.69) is 0 Å². The molecule has 0 aliphatic carbocycles. The van der Waals surface area contributed by atoms with Gasteiger partial charge in [0.25, 0.3) is 0 Å². The van der Waals surface area contributed by atoms with E-state index < -0.39 is 94.6 Å². The van der Waals surface area contributed by atoms with Crippen LogP contribution in [0.3, 0.4) is 0 Å². The molecule has 0 radical (unpaired) electrons. The smallest absolute Gasteiger partial charge is 0.546 e. The van der Waals surface area contributed by atoms with E-state index in [4.69, 9.17) is 56.8 Å². The predicted molar refractivity (Wildman–Crippen MR) is 358 cm³/mol. The van der Waals surface area contributed by atoms with E-state index in [0.29, 0.717) is 78.5 Å². The summed E-state index contributed by atoms with van der Waals surface area (Å²) in [6.45, 7) is 33.6. The average molecular weight is 1470 g/mol. The molecule has 0 aromatic rings. The zero-order chi connectivity index (χ0) is 73.7. The molecule has 0 aliphatic rings. The van der Waals surface area contributed by atoms with Gasteiger partial charge in [0.05, 0.1) is 76.7 Å². The van der Waals surface area contributed by atoms with Gasteiger partial charge in [0.15, 0.2) is 22.4 Å². The van der Waals surface area contributed by atoms with E-state index in [1.165, 1.54) is 0 Å². The zero-order valence-electron chi connectivity index (χ0n) is 62.9. The first-order chi connectivity index (χ1) is 46.0. The van der Waals surface area contributed by atoms with Crippen molar-refractivity contribution in [3.8, 4) is 0 Å². The molecule has 4 unspecified atom stereocenters. The van der Waals surface area contributed by atoms with E-state index >= 15 is 0 Å². The molecule has 4 atom stereocenters. The normalized spacial score (nSPS) is 13.7. The van der Waals surface area contributed by atoms with Crippen LogP contribution in [-0.2, 0) is 121 Å². The van der Waals surface area contributed by atoms with Crippen molar-refractivity contribution in [2.24, 2.45) is 0 Å². The molecule has 0 aliphatic heterocycles. The van der Waals surface area contributed by atoms with Gasteiger partial charge < -0.3 is 96.4 Å². The number of Topliss-reactive ketones (excluding diaryl/α,β-unsaturated/α-hetero) is 4. The monoisotopic (exact) mass is 1470 g/mol. The van der Waals surface area contributed by atoms with Crippen LogP contribution in [0.15, 0.2) is 0 Å². The first kappa shape index (κ1) is 103. The van der Waals surface area contributed by atoms with Crippen LogP contribution in [-0.4, -0.2) is 174 Å². The molecular formula is C72H132O24Zr. The van der Waals surface area contributed by atoms with Gasteiger partial charge in [-0.3, -0.25) is 19.2 Å². The predicted octanol–water partition coefficient (Wildman–Crippen LogP) is 8.92. The maximum atomic E-state index is 12.8. The van der Waals surface area contributed by atoms with Crippen molar-refractivity contribution in [3.05, 3.63) is 0 Å². The Balaban J connectivity index is -0.000000386. The first-order valence-corrected chi connectivity index (χ1v) is 36.5. The Morgan fingerprint density at radius 2 is 0.340 bits per heavy atom. The number of hydrogen-bond acceptors (Lipinski definition) is 24. The Labute approximate surface area is 603 Å². The maximum absolute atomic E-state index is 12.8. The molecule has 0 bridgehead atoms. The molecule has 0 saturated heterocycles. The quantitative estimate of drug-likeness (QED) is 0.0311. The van der Waals surface area contributed by atoms with Crippen LogP contribution in [0.4, 0.5) is 0 Å². The first-order valence-electron chi connectivity index (χ1n) is 36.5. The Bertz CT molecular complexity index is 1670. The van der Waals surface area contributed by atoms with Crippen molar-refractivity contribution in [2.45, 2.75) is 338 Å². The van der Waals surface area contributed by atoms with E-state index in [-0.39, 0.29) is 78.3 Å². The minimum Gasteiger partial charge on any atom is -0.546 e. The molecule has 0 rings (SSSR count). The summed E-state index contributed by atoms with van der Waals surface area (Å²) >= 11 is 0. The molecule has 568 valence electrons. The summed E-state index contributed by atoms with van der Waals surface area (Å²) in [5, 5.41) is 46.7. The fourth-order valence-electron chi connectivity index (χ4n) is 8.41. The summed E-state index contributed by atoms with van der Waals surface area (Å²) in [7, 11) is 0. The average Bonchev–Trinajstić information content (AvgIpc) is 0.840. The van der Waals surface area contributed by atoms with Crippen LogP contribution in [0.5, 0.6) is 0 Å². The fourth-order valence-corrected chi connectivity index (χ4v) is 8.41. The van der Waals surface area contributed by atoms with Gasteiger partial charge >= 0.3 is 26.2 Å². The summed E-state index contributed by atoms with van der Waals surface area (Å²) in [4.78, 5) is 98.0. The van der Waals surface area contributed by atoms with Gasteiger partial charge in [-0.1, -0.05) is 188 Å². The molecule has 0 N–H and O–H groups in total. The fraction of sp³-hybridized carbons (Fsp3) is 0.889. The number of rotatable bonds is 64. The second kappa shape index (κ2) is 66.2. The number of ether oxygens (including phenoxy) is 12. The number of carboxylic acids is 4. The molecule has 0 saturated carbocycles. The second-order valence-electron chi connectivity index (χ2n) is 23.3. The van der Waals surface area contributed by atoms with Gasteiger partial charge in [0.2, 0.25) is 48.3 Å². The van der Waals surface area contributed by atoms with Crippen molar-refractivity contribution >= 4 is 47.0 Å². The molecule has 0 aromatic carbocycles. The SMILES string of the molecule is CCCCOC(OCCCC)C(=O)C(CC)(OCCCC)C(=O)[O-].CCCCOC(OCCCC)C(=O)C(CC)(OCCCC)C(=O)[O-].CCCCOC(OCCCC)C(=O)C(CC)(OCCCC)C(=O)[O-].CCCCOC(OCCCC)C(=O)C(CC)(OCCCC)C(=O)[O-].[Zr+4]. The third-order valence-electron chi connectivity index (χ3n) is 15.3. The number of hydrogen-bond donors (Lipinski definition) is 0. The zero-order valence-corrected chi connectivity index (χ0v) is 65.3. The molecular weight excluding hydrogens is 1340 g/mol. The Morgan fingerprint density at radius 1 is 0.227 bits per heavy atom.